The highest BCUT2D eigenvalue weighted by Gasteiger charge is 2.18. The average molecular weight is 348 g/mol. The number of nitrogens with zero attached hydrogens (tertiary/aromatic N) is 1. The van der Waals surface area contributed by atoms with Gasteiger partial charge in [0.1, 0.15) is 0 Å². The SMILES string of the molecule is COc1cc(Nc2ccc([N+](=O)[O-])cc2C(=O)O)cc(OC)c1OC. The number of nitrogens with one attached hydrogen (secondary N) is 1. The van der Waals surface area contributed by atoms with Crippen molar-refractivity contribution in [1.29, 1.82) is 0 Å². The molecular formula is C16H16N2O7. The Hall–Kier alpha value is -3.49. The highest BCUT2D eigenvalue weighted by atomic mass is 16.6. The quantitative estimate of drug-likeness (QED) is 0.578. The molecule has 132 valence electrons. The largest absolute Gasteiger partial charge is 0.493 e. The summed E-state index contributed by atoms with van der Waals surface area (Å²) in [6.07, 6.45) is 0. The molecule has 0 amide bonds. The Morgan fingerprint density at radius 1 is 1.08 bits per heavy atom. The maximum Gasteiger partial charge on any atom is 0.338 e. The zero-order valence-electron chi connectivity index (χ0n) is 13.7. The number of hydrogen-bond acceptors (Lipinski definition) is 7. The van der Waals surface area contributed by atoms with E-state index in [9.17, 15) is 20.0 Å². The Morgan fingerprint density at radius 3 is 2.12 bits per heavy atom. The minimum Gasteiger partial charge on any atom is -0.493 e. The standard InChI is InChI=1S/C16H16N2O7/c1-23-13-6-9(7-14(24-2)15(13)25-3)17-12-5-4-10(18(21)22)8-11(12)16(19)20/h4-8,17H,1-3H3,(H,19,20). The molecule has 0 fully saturated rings. The first-order valence-electron chi connectivity index (χ1n) is 7.00. The molecule has 0 radical (unpaired) electrons. The molecule has 0 saturated heterocycles. The summed E-state index contributed by atoms with van der Waals surface area (Å²) >= 11 is 0. The number of aromatic carboxylic acids is 1. The highest BCUT2D eigenvalue weighted by Crippen LogP contribution is 2.41. The van der Waals surface area contributed by atoms with Crippen LogP contribution in [-0.4, -0.2) is 37.3 Å². The van der Waals surface area contributed by atoms with Gasteiger partial charge in [0.25, 0.3) is 5.69 Å². The third-order valence-electron chi connectivity index (χ3n) is 3.39. The van der Waals surface area contributed by atoms with E-state index in [1.54, 1.807) is 12.1 Å². The molecule has 0 bridgehead atoms. The number of ether oxygens (including phenoxy) is 3. The van der Waals surface area contributed by atoms with Crippen molar-refractivity contribution in [1.82, 2.24) is 0 Å². The third kappa shape index (κ3) is 3.71. The summed E-state index contributed by atoms with van der Waals surface area (Å²) in [6, 6.07) is 6.71. The van der Waals surface area contributed by atoms with Gasteiger partial charge in [-0.05, 0) is 6.07 Å². The second kappa shape index (κ2) is 7.39. The third-order valence-corrected chi connectivity index (χ3v) is 3.39. The molecule has 0 aliphatic heterocycles. The van der Waals surface area contributed by atoms with Crippen LogP contribution in [0.25, 0.3) is 0 Å². The Kier molecular flexibility index (Phi) is 5.28. The van der Waals surface area contributed by atoms with Crippen LogP contribution in [0, 0.1) is 10.1 Å². The van der Waals surface area contributed by atoms with Gasteiger partial charge in [-0.3, -0.25) is 10.1 Å². The number of carboxylic acid groups (broad SMARTS) is 1. The molecule has 0 unspecified atom stereocenters. The molecule has 0 spiro atoms. The summed E-state index contributed by atoms with van der Waals surface area (Å²) in [4.78, 5) is 21.6. The van der Waals surface area contributed by atoms with Crippen molar-refractivity contribution in [2.45, 2.75) is 0 Å². The zero-order valence-corrected chi connectivity index (χ0v) is 13.7. The Morgan fingerprint density at radius 2 is 1.68 bits per heavy atom. The lowest BCUT2D eigenvalue weighted by Gasteiger charge is -2.16. The summed E-state index contributed by atoms with van der Waals surface area (Å²) in [5.74, 6) is -0.150. The lowest BCUT2D eigenvalue weighted by atomic mass is 10.1. The van der Waals surface area contributed by atoms with E-state index in [1.165, 1.54) is 33.5 Å². The van der Waals surface area contributed by atoms with Gasteiger partial charge in [-0.15, -0.1) is 0 Å². The van der Waals surface area contributed by atoms with Gasteiger partial charge in [0.05, 0.1) is 37.5 Å². The van der Waals surface area contributed by atoms with Crippen LogP contribution in [0.4, 0.5) is 17.1 Å². The molecule has 0 saturated carbocycles. The van der Waals surface area contributed by atoms with E-state index in [-0.39, 0.29) is 16.9 Å². The van der Waals surface area contributed by atoms with Gasteiger partial charge in [0.2, 0.25) is 5.75 Å². The fourth-order valence-corrected chi connectivity index (χ4v) is 2.24. The minimum atomic E-state index is -1.29. The second-order valence-electron chi connectivity index (χ2n) is 4.83. The molecule has 0 atom stereocenters. The van der Waals surface area contributed by atoms with Crippen LogP contribution >= 0.6 is 0 Å². The normalized spacial score (nSPS) is 10.0. The number of carboxylic acids is 1. The van der Waals surface area contributed by atoms with Crippen molar-refractivity contribution in [3.05, 3.63) is 46.0 Å². The van der Waals surface area contributed by atoms with Crippen molar-refractivity contribution in [2.24, 2.45) is 0 Å². The van der Waals surface area contributed by atoms with Crippen molar-refractivity contribution in [3.8, 4) is 17.2 Å². The maximum absolute atomic E-state index is 11.4. The number of nitro groups is 1. The molecule has 2 N–H and O–H groups in total. The predicted octanol–water partition coefficient (Wildman–Crippen LogP) is 3.06. The monoisotopic (exact) mass is 348 g/mol. The summed E-state index contributed by atoms with van der Waals surface area (Å²) in [7, 11) is 4.37. The summed E-state index contributed by atoms with van der Waals surface area (Å²) in [5.41, 5.74) is 0.106. The Labute approximate surface area is 142 Å². The number of anilines is 2. The number of nitro benzene ring substituents is 1. The summed E-state index contributed by atoms with van der Waals surface area (Å²) < 4.78 is 15.7. The van der Waals surface area contributed by atoms with Crippen LogP contribution in [0.1, 0.15) is 10.4 Å². The molecule has 9 heteroatoms. The molecular weight excluding hydrogens is 332 g/mol. The van der Waals surface area contributed by atoms with E-state index in [2.05, 4.69) is 5.32 Å². The predicted molar refractivity (Wildman–Crippen MR) is 89.4 cm³/mol. The first kappa shape index (κ1) is 17.9. The van der Waals surface area contributed by atoms with Crippen molar-refractivity contribution >= 4 is 23.0 Å². The van der Waals surface area contributed by atoms with Gasteiger partial charge in [0, 0.05) is 30.0 Å². The molecule has 2 aromatic carbocycles. The number of methoxy groups -OCH3 is 3. The van der Waals surface area contributed by atoms with Gasteiger partial charge in [-0.1, -0.05) is 0 Å². The van der Waals surface area contributed by atoms with Gasteiger partial charge >= 0.3 is 5.97 Å². The van der Waals surface area contributed by atoms with Crippen molar-refractivity contribution in [3.63, 3.8) is 0 Å². The molecule has 9 nitrogen and oxygen atoms in total. The van der Waals surface area contributed by atoms with Crippen LogP contribution in [0.5, 0.6) is 17.2 Å². The highest BCUT2D eigenvalue weighted by molar-refractivity contribution is 5.96. The van der Waals surface area contributed by atoms with E-state index in [1.807, 2.05) is 0 Å². The van der Waals surface area contributed by atoms with Gasteiger partial charge in [-0.2, -0.15) is 0 Å². The number of hydrogen-bond donors (Lipinski definition) is 2. The molecule has 2 rings (SSSR count). The van der Waals surface area contributed by atoms with E-state index in [4.69, 9.17) is 14.2 Å². The van der Waals surface area contributed by atoms with Crippen molar-refractivity contribution in [2.75, 3.05) is 26.6 Å². The van der Waals surface area contributed by atoms with Crippen LogP contribution in [0.2, 0.25) is 0 Å². The second-order valence-corrected chi connectivity index (χ2v) is 4.83. The first-order chi connectivity index (χ1) is 11.9. The summed E-state index contributed by atoms with van der Waals surface area (Å²) in [6.45, 7) is 0. The molecule has 0 aromatic heterocycles. The fourth-order valence-electron chi connectivity index (χ4n) is 2.24. The molecule has 0 aliphatic carbocycles. The van der Waals surface area contributed by atoms with E-state index in [0.717, 1.165) is 6.07 Å². The molecule has 0 heterocycles. The van der Waals surface area contributed by atoms with Gasteiger partial charge in [0.15, 0.2) is 11.5 Å². The lowest BCUT2D eigenvalue weighted by molar-refractivity contribution is -0.384. The van der Waals surface area contributed by atoms with Gasteiger partial charge in [-0.25, -0.2) is 4.79 Å². The number of rotatable bonds is 7. The average Bonchev–Trinajstić information content (AvgIpc) is 2.60. The minimum absolute atomic E-state index is 0.187. The number of benzene rings is 2. The lowest BCUT2D eigenvalue weighted by Crippen LogP contribution is -2.04. The topological polar surface area (TPSA) is 120 Å². The molecule has 0 aliphatic rings. The van der Waals surface area contributed by atoms with Crippen LogP contribution in [-0.2, 0) is 0 Å². The van der Waals surface area contributed by atoms with Gasteiger partial charge < -0.3 is 24.6 Å². The van der Waals surface area contributed by atoms with Crippen LogP contribution in [0.15, 0.2) is 30.3 Å². The summed E-state index contributed by atoms with van der Waals surface area (Å²) in [5, 5.41) is 23.0. The Bertz CT molecular complexity index is 795. The van der Waals surface area contributed by atoms with E-state index < -0.39 is 10.9 Å². The number of carbonyl (C=O) groups is 1. The zero-order chi connectivity index (χ0) is 18.6. The van der Waals surface area contributed by atoms with E-state index in [0.29, 0.717) is 22.9 Å². The maximum atomic E-state index is 11.4. The van der Waals surface area contributed by atoms with E-state index >= 15 is 0 Å². The van der Waals surface area contributed by atoms with Crippen LogP contribution < -0.4 is 19.5 Å². The van der Waals surface area contributed by atoms with Crippen molar-refractivity contribution < 1.29 is 29.0 Å². The smallest absolute Gasteiger partial charge is 0.338 e. The molecule has 2 aromatic rings. The molecule has 25 heavy (non-hydrogen) atoms. The Balaban J connectivity index is 2.49. The van der Waals surface area contributed by atoms with Crippen LogP contribution in [0.3, 0.4) is 0 Å². The fraction of sp³-hybridized carbons (Fsp3) is 0.188. The first-order valence-corrected chi connectivity index (χ1v) is 7.00. The number of non-ortho nitro benzene ring substituents is 1.